The molecule has 0 saturated carbocycles. The summed E-state index contributed by atoms with van der Waals surface area (Å²) in [6, 6.07) is 3.60. The summed E-state index contributed by atoms with van der Waals surface area (Å²) in [5.74, 6) is -1.99. The zero-order valence-electron chi connectivity index (χ0n) is 17.8. The Morgan fingerprint density at radius 2 is 2.13 bits per heavy atom. The standard InChI is InChI=1S/C23H28Cl2FN3O2/c1-13(24)6-5-7-16(26)19-20(27)18(11-30)29(12-22(2,3)4)23(19)15-9-8-14(25)10-17(15)28-21(23)31/h5-10,18-20,30H,1,11-12,27H2,2-4H3,(H,28,31)/b6-5-,16-7-/t18-,19-,20+,23+/m0/s1. The third-order valence-corrected chi connectivity index (χ3v) is 6.14. The van der Waals surface area contributed by atoms with Gasteiger partial charge in [-0.1, -0.05) is 62.7 Å². The molecule has 1 aromatic rings. The number of carbonyl (C=O) groups is 1. The Morgan fingerprint density at radius 1 is 1.45 bits per heavy atom. The molecule has 0 bridgehead atoms. The Hall–Kier alpha value is -1.70. The van der Waals surface area contributed by atoms with Gasteiger partial charge in [0.05, 0.1) is 12.5 Å². The summed E-state index contributed by atoms with van der Waals surface area (Å²) in [5.41, 5.74) is 5.96. The van der Waals surface area contributed by atoms with Gasteiger partial charge in [0, 0.05) is 39.9 Å². The maximum atomic E-state index is 15.7. The highest BCUT2D eigenvalue weighted by molar-refractivity contribution is 6.31. The van der Waals surface area contributed by atoms with Crippen molar-refractivity contribution in [3.63, 3.8) is 0 Å². The molecule has 1 spiro atoms. The first-order chi connectivity index (χ1) is 14.4. The van der Waals surface area contributed by atoms with Gasteiger partial charge in [-0.15, -0.1) is 0 Å². The molecule has 2 aliphatic heterocycles. The minimum absolute atomic E-state index is 0.246. The minimum atomic E-state index is -1.42. The van der Waals surface area contributed by atoms with Gasteiger partial charge in [0.15, 0.2) is 0 Å². The number of nitrogens with two attached hydrogens (primary N) is 1. The van der Waals surface area contributed by atoms with Crippen molar-refractivity contribution >= 4 is 34.8 Å². The number of carbonyl (C=O) groups excluding carboxylic acids is 1. The number of hydrogen-bond donors (Lipinski definition) is 3. The van der Waals surface area contributed by atoms with Crippen molar-refractivity contribution < 1.29 is 14.3 Å². The van der Waals surface area contributed by atoms with Crippen LogP contribution in [0.5, 0.6) is 0 Å². The first-order valence-corrected chi connectivity index (χ1v) is 10.8. The maximum absolute atomic E-state index is 15.7. The third kappa shape index (κ3) is 4.20. The van der Waals surface area contributed by atoms with E-state index < -0.39 is 29.4 Å². The molecule has 4 atom stereocenters. The second kappa shape index (κ2) is 8.68. The molecule has 1 fully saturated rings. The number of nitrogens with one attached hydrogen (secondary N) is 1. The van der Waals surface area contributed by atoms with E-state index in [2.05, 4.69) is 11.9 Å². The van der Waals surface area contributed by atoms with Crippen molar-refractivity contribution in [2.75, 3.05) is 18.5 Å². The lowest BCUT2D eigenvalue weighted by Crippen LogP contribution is -2.55. The fourth-order valence-electron chi connectivity index (χ4n) is 4.74. The van der Waals surface area contributed by atoms with Gasteiger partial charge in [-0.05, 0) is 29.7 Å². The SMILES string of the molecule is C=C(Cl)/C=C\C=C(/F)[C@H]1[C@H](N)[C@H](CO)N(CC(C)(C)C)[C@@]12C(=O)Nc1cc(Cl)ccc12. The number of allylic oxidation sites excluding steroid dienone is 4. The van der Waals surface area contributed by atoms with E-state index in [1.165, 1.54) is 18.2 Å². The third-order valence-electron chi connectivity index (χ3n) is 5.78. The molecule has 2 aliphatic rings. The number of amides is 1. The second-order valence-corrected chi connectivity index (χ2v) is 10.2. The number of aliphatic hydroxyl groups is 1. The zero-order chi connectivity index (χ0) is 23.1. The molecule has 0 aromatic heterocycles. The van der Waals surface area contributed by atoms with E-state index in [1.54, 1.807) is 18.2 Å². The Kier molecular flexibility index (Phi) is 6.71. The van der Waals surface area contributed by atoms with Gasteiger partial charge >= 0.3 is 0 Å². The maximum Gasteiger partial charge on any atom is 0.250 e. The fourth-order valence-corrected chi connectivity index (χ4v) is 4.98. The number of fused-ring (bicyclic) bond motifs is 2. The predicted molar refractivity (Wildman–Crippen MR) is 124 cm³/mol. The largest absolute Gasteiger partial charge is 0.395 e. The van der Waals surface area contributed by atoms with Crippen LogP contribution in [0.2, 0.25) is 5.02 Å². The number of aliphatic hydroxyl groups excluding tert-OH is 1. The molecule has 8 heteroatoms. The van der Waals surface area contributed by atoms with Gasteiger partial charge in [-0.25, -0.2) is 4.39 Å². The van der Waals surface area contributed by atoms with E-state index in [-0.39, 0.29) is 23.0 Å². The molecule has 2 heterocycles. The molecular weight excluding hydrogens is 440 g/mol. The number of nitrogens with zero attached hydrogens (tertiary/aromatic N) is 1. The van der Waals surface area contributed by atoms with E-state index in [4.69, 9.17) is 28.9 Å². The van der Waals surface area contributed by atoms with Gasteiger partial charge in [-0.3, -0.25) is 9.69 Å². The summed E-state index contributed by atoms with van der Waals surface area (Å²) in [6.45, 7) is 9.71. The summed E-state index contributed by atoms with van der Waals surface area (Å²) in [5, 5.41) is 13.8. The molecule has 31 heavy (non-hydrogen) atoms. The normalized spacial score (nSPS) is 29.1. The lowest BCUT2D eigenvalue weighted by molar-refractivity contribution is -0.130. The number of anilines is 1. The minimum Gasteiger partial charge on any atom is -0.395 e. The Bertz CT molecular complexity index is 957. The molecule has 4 N–H and O–H groups in total. The quantitative estimate of drug-likeness (QED) is 0.563. The molecule has 1 amide bonds. The molecule has 0 unspecified atom stereocenters. The van der Waals surface area contributed by atoms with Gasteiger partial charge in [0.25, 0.3) is 0 Å². The number of benzene rings is 1. The summed E-state index contributed by atoms with van der Waals surface area (Å²) < 4.78 is 15.7. The van der Waals surface area contributed by atoms with Crippen molar-refractivity contribution in [2.45, 2.75) is 38.4 Å². The van der Waals surface area contributed by atoms with E-state index in [0.717, 1.165) is 0 Å². The predicted octanol–water partition coefficient (Wildman–Crippen LogP) is 4.32. The van der Waals surface area contributed by atoms with Crippen LogP contribution in [-0.2, 0) is 10.3 Å². The van der Waals surface area contributed by atoms with Gasteiger partial charge in [-0.2, -0.15) is 0 Å². The van der Waals surface area contributed by atoms with E-state index >= 15 is 4.39 Å². The zero-order valence-corrected chi connectivity index (χ0v) is 19.3. The van der Waals surface area contributed by atoms with Crippen LogP contribution in [0, 0.1) is 11.3 Å². The molecular formula is C23H28Cl2FN3O2. The van der Waals surface area contributed by atoms with Crippen LogP contribution in [0.25, 0.3) is 0 Å². The van der Waals surface area contributed by atoms with Crippen molar-refractivity contribution in [1.82, 2.24) is 4.90 Å². The second-order valence-electron chi connectivity index (χ2n) is 9.26. The number of rotatable bonds is 5. The summed E-state index contributed by atoms with van der Waals surface area (Å²) >= 11 is 11.9. The Balaban J connectivity index is 2.27. The molecule has 1 aromatic carbocycles. The number of halogens is 3. The molecule has 3 rings (SSSR count). The average molecular weight is 468 g/mol. The van der Waals surface area contributed by atoms with E-state index in [9.17, 15) is 9.90 Å². The Morgan fingerprint density at radius 3 is 2.71 bits per heavy atom. The van der Waals surface area contributed by atoms with Crippen LogP contribution < -0.4 is 11.1 Å². The van der Waals surface area contributed by atoms with Crippen LogP contribution in [0.3, 0.4) is 0 Å². The lowest BCUT2D eigenvalue weighted by atomic mass is 9.76. The summed E-state index contributed by atoms with van der Waals surface area (Å²) in [6.07, 6.45) is 4.13. The molecule has 168 valence electrons. The van der Waals surface area contributed by atoms with Crippen LogP contribution in [0.15, 0.2) is 53.9 Å². The smallest absolute Gasteiger partial charge is 0.250 e. The molecule has 0 radical (unpaired) electrons. The van der Waals surface area contributed by atoms with Crippen molar-refractivity contribution in [1.29, 1.82) is 0 Å². The van der Waals surface area contributed by atoms with Crippen LogP contribution in [0.4, 0.5) is 10.1 Å². The van der Waals surface area contributed by atoms with Crippen LogP contribution in [-0.4, -0.2) is 41.1 Å². The monoisotopic (exact) mass is 467 g/mol. The summed E-state index contributed by atoms with van der Waals surface area (Å²) in [7, 11) is 0. The summed E-state index contributed by atoms with van der Waals surface area (Å²) in [4.78, 5) is 15.4. The van der Waals surface area contributed by atoms with E-state index in [0.29, 0.717) is 22.8 Å². The highest BCUT2D eigenvalue weighted by Gasteiger charge is 2.67. The number of hydrogen-bond acceptors (Lipinski definition) is 4. The van der Waals surface area contributed by atoms with Crippen molar-refractivity contribution in [2.24, 2.45) is 17.1 Å². The topological polar surface area (TPSA) is 78.6 Å². The van der Waals surface area contributed by atoms with Crippen molar-refractivity contribution in [3.8, 4) is 0 Å². The first kappa shape index (κ1) is 24.0. The first-order valence-electron chi connectivity index (χ1n) is 10.1. The van der Waals surface area contributed by atoms with Crippen LogP contribution in [0.1, 0.15) is 26.3 Å². The fraction of sp³-hybridized carbons (Fsp3) is 0.435. The van der Waals surface area contributed by atoms with Gasteiger partial charge < -0.3 is 16.2 Å². The number of likely N-dealkylation sites (tertiary alicyclic amines) is 1. The molecule has 0 aliphatic carbocycles. The molecule has 1 saturated heterocycles. The van der Waals surface area contributed by atoms with E-state index in [1.807, 2.05) is 25.7 Å². The highest BCUT2D eigenvalue weighted by atomic mass is 35.5. The highest BCUT2D eigenvalue weighted by Crippen LogP contribution is 2.55. The van der Waals surface area contributed by atoms with Crippen LogP contribution >= 0.6 is 23.2 Å². The lowest BCUT2D eigenvalue weighted by Gasteiger charge is -2.41. The Labute approximate surface area is 192 Å². The van der Waals surface area contributed by atoms with Gasteiger partial charge in [0.1, 0.15) is 11.4 Å². The average Bonchev–Trinajstić information content (AvgIpc) is 3.05. The van der Waals surface area contributed by atoms with Crippen molar-refractivity contribution in [3.05, 3.63) is 64.5 Å². The molecule has 5 nitrogen and oxygen atoms in total. The van der Waals surface area contributed by atoms with Gasteiger partial charge in [0.2, 0.25) is 5.91 Å².